The Morgan fingerprint density at radius 1 is 1.46 bits per heavy atom. The normalized spacial score (nSPS) is 9.77. The van der Waals surface area contributed by atoms with Crippen LogP contribution in [0.5, 0.6) is 0 Å². The number of carbonyl (C=O) groups is 1. The molecule has 0 aliphatic rings. The van der Waals surface area contributed by atoms with Gasteiger partial charge in [0.05, 0.1) is 12.7 Å². The molecule has 0 aromatic heterocycles. The molecule has 1 aromatic rings. The van der Waals surface area contributed by atoms with Gasteiger partial charge in [0.25, 0.3) is 0 Å². The van der Waals surface area contributed by atoms with Gasteiger partial charge >= 0.3 is 5.97 Å². The van der Waals surface area contributed by atoms with E-state index in [4.69, 9.17) is 0 Å². The van der Waals surface area contributed by atoms with Crippen LogP contribution in [0.2, 0.25) is 0 Å². The molecule has 0 bridgehead atoms. The van der Waals surface area contributed by atoms with Gasteiger partial charge in [-0.3, -0.25) is 0 Å². The average Bonchev–Trinajstić information content (AvgIpc) is 2.16. The molecule has 0 saturated carbocycles. The van der Waals surface area contributed by atoms with Crippen molar-refractivity contribution in [2.45, 2.75) is 11.8 Å². The molecule has 3 heteroatoms. The number of rotatable bonds is 2. The zero-order chi connectivity index (χ0) is 9.84. The maximum atomic E-state index is 11.3. The molecule has 0 spiro atoms. The number of ether oxygens (including phenoxy) is 1. The molecule has 0 amide bonds. The molecule has 0 aliphatic heterocycles. The topological polar surface area (TPSA) is 26.3 Å². The van der Waals surface area contributed by atoms with E-state index in [0.29, 0.717) is 5.56 Å². The van der Waals surface area contributed by atoms with E-state index in [-0.39, 0.29) is 5.97 Å². The van der Waals surface area contributed by atoms with Crippen LogP contribution in [0.1, 0.15) is 15.9 Å². The fourth-order valence-corrected chi connectivity index (χ4v) is 1.96. The number of hydrogen-bond donors (Lipinski definition) is 0. The Hall–Kier alpha value is -0.960. The molecular weight excluding hydrogens is 184 g/mol. The molecule has 0 unspecified atom stereocenters. The first-order chi connectivity index (χ1) is 6.20. The summed E-state index contributed by atoms with van der Waals surface area (Å²) in [5.41, 5.74) is 1.76. The number of aryl methyl sites for hydroxylation is 1. The predicted octanol–water partition coefficient (Wildman–Crippen LogP) is 2.50. The quantitative estimate of drug-likeness (QED) is 0.537. The zero-order valence-corrected chi connectivity index (χ0v) is 8.77. The Labute approximate surface area is 82.3 Å². The number of hydrogen-bond acceptors (Lipinski definition) is 3. The highest BCUT2D eigenvalue weighted by Gasteiger charge is 2.11. The van der Waals surface area contributed by atoms with Crippen LogP contribution in [-0.4, -0.2) is 19.3 Å². The van der Waals surface area contributed by atoms with Gasteiger partial charge in [0.2, 0.25) is 0 Å². The number of benzene rings is 1. The highest BCUT2D eigenvalue weighted by molar-refractivity contribution is 7.98. The summed E-state index contributed by atoms with van der Waals surface area (Å²) in [6, 6.07) is 5.63. The molecule has 0 saturated heterocycles. The molecule has 1 rings (SSSR count). The van der Waals surface area contributed by atoms with Crippen molar-refractivity contribution in [3.8, 4) is 0 Å². The Morgan fingerprint density at radius 3 is 2.69 bits per heavy atom. The Bertz CT molecular complexity index is 321. The number of esters is 1. The molecule has 0 heterocycles. The largest absolute Gasteiger partial charge is 0.465 e. The van der Waals surface area contributed by atoms with E-state index < -0.39 is 0 Å². The lowest BCUT2D eigenvalue weighted by molar-refractivity contribution is 0.0596. The lowest BCUT2D eigenvalue weighted by Crippen LogP contribution is -2.03. The average molecular weight is 196 g/mol. The van der Waals surface area contributed by atoms with Crippen LogP contribution in [0.25, 0.3) is 0 Å². The molecule has 0 atom stereocenters. The van der Waals surface area contributed by atoms with Crippen molar-refractivity contribution in [1.82, 2.24) is 0 Å². The van der Waals surface area contributed by atoms with Gasteiger partial charge in [-0.2, -0.15) is 0 Å². The summed E-state index contributed by atoms with van der Waals surface area (Å²) < 4.78 is 4.68. The van der Waals surface area contributed by atoms with Crippen molar-refractivity contribution in [2.24, 2.45) is 0 Å². The van der Waals surface area contributed by atoms with Crippen LogP contribution in [0, 0.1) is 6.92 Å². The third-order valence-corrected chi connectivity index (χ3v) is 2.77. The summed E-state index contributed by atoms with van der Waals surface area (Å²) in [4.78, 5) is 12.3. The van der Waals surface area contributed by atoms with Crippen molar-refractivity contribution >= 4 is 17.7 Å². The Balaban J connectivity index is 3.20. The van der Waals surface area contributed by atoms with E-state index in [2.05, 4.69) is 4.74 Å². The summed E-state index contributed by atoms with van der Waals surface area (Å²) in [6.07, 6.45) is 1.95. The second-order valence-corrected chi connectivity index (χ2v) is 3.46. The third-order valence-electron chi connectivity index (χ3n) is 1.82. The first kappa shape index (κ1) is 10.1. The fraction of sp³-hybridized carbons (Fsp3) is 0.300. The van der Waals surface area contributed by atoms with Crippen LogP contribution in [0.3, 0.4) is 0 Å². The lowest BCUT2D eigenvalue weighted by Gasteiger charge is -2.07. The van der Waals surface area contributed by atoms with E-state index in [1.807, 2.05) is 25.3 Å². The van der Waals surface area contributed by atoms with Crippen LogP contribution < -0.4 is 0 Å². The molecule has 70 valence electrons. The second-order valence-electron chi connectivity index (χ2n) is 2.65. The molecule has 0 N–H and O–H groups in total. The Morgan fingerprint density at radius 2 is 2.15 bits per heavy atom. The summed E-state index contributed by atoms with van der Waals surface area (Å²) in [5, 5.41) is 0. The van der Waals surface area contributed by atoms with Gasteiger partial charge in [-0.25, -0.2) is 4.79 Å². The standard InChI is InChI=1S/C10H12O2S/c1-7-5-4-6-8(9(7)13-3)10(11)12-2/h4-6H,1-3H3. The van der Waals surface area contributed by atoms with E-state index in [1.165, 1.54) is 7.11 Å². The maximum absolute atomic E-state index is 11.3. The molecule has 0 aliphatic carbocycles. The third kappa shape index (κ3) is 2.04. The zero-order valence-electron chi connectivity index (χ0n) is 7.96. The van der Waals surface area contributed by atoms with Gasteiger partial charge in [0.1, 0.15) is 0 Å². The van der Waals surface area contributed by atoms with Crippen LogP contribution in [0.15, 0.2) is 23.1 Å². The maximum Gasteiger partial charge on any atom is 0.339 e. The molecule has 13 heavy (non-hydrogen) atoms. The summed E-state index contributed by atoms with van der Waals surface area (Å²) in [7, 11) is 1.40. The number of methoxy groups -OCH3 is 1. The van der Waals surface area contributed by atoms with Crippen molar-refractivity contribution in [1.29, 1.82) is 0 Å². The van der Waals surface area contributed by atoms with E-state index in [9.17, 15) is 4.79 Å². The first-order valence-electron chi connectivity index (χ1n) is 3.92. The van der Waals surface area contributed by atoms with Crippen molar-refractivity contribution < 1.29 is 9.53 Å². The summed E-state index contributed by atoms with van der Waals surface area (Å²) in [5.74, 6) is -0.270. The SMILES string of the molecule is COC(=O)c1cccc(C)c1SC. The van der Waals surface area contributed by atoms with Crippen molar-refractivity contribution in [3.63, 3.8) is 0 Å². The summed E-state index contributed by atoms with van der Waals surface area (Å²) in [6.45, 7) is 1.98. The van der Waals surface area contributed by atoms with Gasteiger partial charge in [-0.05, 0) is 24.8 Å². The summed E-state index contributed by atoms with van der Waals surface area (Å²) >= 11 is 1.56. The minimum absolute atomic E-state index is 0.270. The fourth-order valence-electron chi connectivity index (χ4n) is 1.19. The van der Waals surface area contributed by atoms with Gasteiger partial charge in [-0.1, -0.05) is 12.1 Å². The second kappa shape index (κ2) is 4.33. The van der Waals surface area contributed by atoms with Gasteiger partial charge in [-0.15, -0.1) is 11.8 Å². The van der Waals surface area contributed by atoms with E-state index in [0.717, 1.165) is 10.5 Å². The van der Waals surface area contributed by atoms with Crippen LogP contribution in [-0.2, 0) is 4.74 Å². The van der Waals surface area contributed by atoms with Gasteiger partial charge < -0.3 is 4.74 Å². The minimum Gasteiger partial charge on any atom is -0.465 e. The molecule has 0 fully saturated rings. The monoisotopic (exact) mass is 196 g/mol. The van der Waals surface area contributed by atoms with E-state index in [1.54, 1.807) is 17.8 Å². The Kier molecular flexibility index (Phi) is 3.37. The van der Waals surface area contributed by atoms with E-state index >= 15 is 0 Å². The highest BCUT2D eigenvalue weighted by atomic mass is 32.2. The number of thioether (sulfide) groups is 1. The smallest absolute Gasteiger partial charge is 0.339 e. The molecular formula is C10H12O2S. The van der Waals surface area contributed by atoms with Crippen molar-refractivity contribution in [3.05, 3.63) is 29.3 Å². The van der Waals surface area contributed by atoms with Gasteiger partial charge in [0.15, 0.2) is 0 Å². The minimum atomic E-state index is -0.270. The predicted molar refractivity (Wildman–Crippen MR) is 54.3 cm³/mol. The van der Waals surface area contributed by atoms with Crippen LogP contribution in [0.4, 0.5) is 0 Å². The van der Waals surface area contributed by atoms with Crippen LogP contribution >= 0.6 is 11.8 Å². The van der Waals surface area contributed by atoms with Crippen molar-refractivity contribution in [2.75, 3.05) is 13.4 Å². The molecule has 2 nitrogen and oxygen atoms in total. The van der Waals surface area contributed by atoms with Gasteiger partial charge in [0, 0.05) is 4.90 Å². The first-order valence-corrected chi connectivity index (χ1v) is 5.15. The molecule has 0 radical (unpaired) electrons. The number of carbonyl (C=O) groups excluding carboxylic acids is 1. The lowest BCUT2D eigenvalue weighted by atomic mass is 10.1. The highest BCUT2D eigenvalue weighted by Crippen LogP contribution is 2.24. The molecule has 1 aromatic carbocycles.